The van der Waals surface area contributed by atoms with Crippen molar-refractivity contribution >= 4 is 22.8 Å². The van der Waals surface area contributed by atoms with Crippen LogP contribution in [0.25, 0.3) is 11.0 Å². The summed E-state index contributed by atoms with van der Waals surface area (Å²) >= 11 is 0. The van der Waals surface area contributed by atoms with Gasteiger partial charge in [-0.2, -0.15) is 5.10 Å². The molecule has 4 heterocycles. The molecule has 140 valence electrons. The summed E-state index contributed by atoms with van der Waals surface area (Å²) in [5.41, 5.74) is 2.22. The van der Waals surface area contributed by atoms with E-state index in [1.807, 2.05) is 12.1 Å². The number of hydrogen-bond acceptors (Lipinski definition) is 7. The Bertz CT molecular complexity index is 935. The van der Waals surface area contributed by atoms with Gasteiger partial charge in [0.1, 0.15) is 5.82 Å². The van der Waals surface area contributed by atoms with Gasteiger partial charge in [-0.3, -0.25) is 4.98 Å². The quantitative estimate of drug-likeness (QED) is 0.637. The van der Waals surface area contributed by atoms with Gasteiger partial charge in [0.15, 0.2) is 5.65 Å². The SMILES string of the molecule is CCOC(=O)c1cc(N2CCOCC2)nc2c1cnn2Cc1ccncc1. The van der Waals surface area contributed by atoms with Crippen molar-refractivity contribution in [3.8, 4) is 0 Å². The minimum absolute atomic E-state index is 0.320. The summed E-state index contributed by atoms with van der Waals surface area (Å²) in [4.78, 5) is 23.5. The van der Waals surface area contributed by atoms with Crippen molar-refractivity contribution in [1.29, 1.82) is 0 Å². The van der Waals surface area contributed by atoms with Crippen molar-refractivity contribution in [3.05, 3.63) is 47.9 Å². The van der Waals surface area contributed by atoms with Crippen molar-refractivity contribution in [1.82, 2.24) is 19.7 Å². The highest BCUT2D eigenvalue weighted by Gasteiger charge is 2.21. The summed E-state index contributed by atoms with van der Waals surface area (Å²) in [5.74, 6) is 0.383. The summed E-state index contributed by atoms with van der Waals surface area (Å²) in [6.07, 6.45) is 5.17. The van der Waals surface area contributed by atoms with Gasteiger partial charge in [0, 0.05) is 25.5 Å². The van der Waals surface area contributed by atoms with Crippen LogP contribution in [0, 0.1) is 0 Å². The Hall–Kier alpha value is -3.00. The molecule has 1 aliphatic heterocycles. The monoisotopic (exact) mass is 367 g/mol. The molecule has 27 heavy (non-hydrogen) atoms. The van der Waals surface area contributed by atoms with Gasteiger partial charge >= 0.3 is 5.97 Å². The van der Waals surface area contributed by atoms with E-state index in [9.17, 15) is 4.79 Å². The molecule has 0 saturated carbocycles. The zero-order valence-electron chi connectivity index (χ0n) is 15.2. The average Bonchev–Trinajstić information content (AvgIpc) is 3.11. The molecule has 0 N–H and O–H groups in total. The first-order chi connectivity index (χ1) is 13.3. The number of aromatic nitrogens is 4. The number of morpholine rings is 1. The van der Waals surface area contributed by atoms with Crippen LogP contribution in [0.2, 0.25) is 0 Å². The molecule has 0 spiro atoms. The lowest BCUT2D eigenvalue weighted by Gasteiger charge is -2.28. The second kappa shape index (κ2) is 7.71. The third-order valence-electron chi connectivity index (χ3n) is 4.51. The number of anilines is 1. The van der Waals surface area contributed by atoms with Gasteiger partial charge in [-0.25, -0.2) is 14.5 Å². The van der Waals surface area contributed by atoms with E-state index in [4.69, 9.17) is 14.5 Å². The van der Waals surface area contributed by atoms with E-state index in [0.717, 1.165) is 24.5 Å². The fourth-order valence-corrected chi connectivity index (χ4v) is 3.14. The Morgan fingerprint density at radius 1 is 1.26 bits per heavy atom. The largest absolute Gasteiger partial charge is 0.462 e. The Morgan fingerprint density at radius 3 is 2.78 bits per heavy atom. The number of rotatable bonds is 5. The van der Waals surface area contributed by atoms with Crippen LogP contribution in [0.3, 0.4) is 0 Å². The normalized spacial score (nSPS) is 14.5. The van der Waals surface area contributed by atoms with Gasteiger partial charge in [0.05, 0.1) is 43.5 Å². The van der Waals surface area contributed by atoms with Gasteiger partial charge in [-0.1, -0.05) is 0 Å². The Morgan fingerprint density at radius 2 is 2.04 bits per heavy atom. The number of fused-ring (bicyclic) bond motifs is 1. The van der Waals surface area contributed by atoms with E-state index in [2.05, 4.69) is 15.0 Å². The number of carbonyl (C=O) groups is 1. The summed E-state index contributed by atoms with van der Waals surface area (Å²) in [5, 5.41) is 5.16. The van der Waals surface area contributed by atoms with Crippen LogP contribution in [-0.4, -0.2) is 58.6 Å². The fraction of sp³-hybridized carbons (Fsp3) is 0.368. The Kier molecular flexibility index (Phi) is 4.97. The molecule has 4 rings (SSSR count). The number of ether oxygens (including phenoxy) is 2. The smallest absolute Gasteiger partial charge is 0.339 e. The van der Waals surface area contributed by atoms with Crippen LogP contribution >= 0.6 is 0 Å². The van der Waals surface area contributed by atoms with Crippen molar-refractivity contribution in [2.24, 2.45) is 0 Å². The molecule has 0 radical (unpaired) electrons. The molecule has 3 aromatic heterocycles. The molecule has 1 saturated heterocycles. The Balaban J connectivity index is 1.79. The molecule has 0 aromatic carbocycles. The number of hydrogen-bond donors (Lipinski definition) is 0. The van der Waals surface area contributed by atoms with E-state index >= 15 is 0 Å². The second-order valence-corrected chi connectivity index (χ2v) is 6.24. The molecule has 0 atom stereocenters. The molecule has 0 amide bonds. The van der Waals surface area contributed by atoms with E-state index in [0.29, 0.717) is 43.0 Å². The van der Waals surface area contributed by atoms with Crippen LogP contribution < -0.4 is 4.90 Å². The maximum absolute atomic E-state index is 12.5. The molecule has 1 aliphatic rings. The zero-order chi connectivity index (χ0) is 18.6. The van der Waals surface area contributed by atoms with E-state index in [1.165, 1.54) is 0 Å². The maximum Gasteiger partial charge on any atom is 0.339 e. The topological polar surface area (TPSA) is 82.4 Å². The van der Waals surface area contributed by atoms with Crippen LogP contribution in [0.4, 0.5) is 5.82 Å². The first kappa shape index (κ1) is 17.4. The molecule has 3 aromatic rings. The number of carbonyl (C=O) groups excluding carboxylic acids is 1. The lowest BCUT2D eigenvalue weighted by molar-refractivity contribution is 0.0528. The molecule has 8 heteroatoms. The van der Waals surface area contributed by atoms with Crippen LogP contribution in [-0.2, 0) is 16.0 Å². The highest BCUT2D eigenvalue weighted by molar-refractivity contribution is 6.03. The van der Waals surface area contributed by atoms with Crippen molar-refractivity contribution in [2.75, 3.05) is 37.8 Å². The molecule has 0 bridgehead atoms. The van der Waals surface area contributed by atoms with Gasteiger partial charge in [-0.05, 0) is 30.7 Å². The summed E-state index contributed by atoms with van der Waals surface area (Å²) in [6.45, 7) is 5.43. The van der Waals surface area contributed by atoms with Crippen LogP contribution in [0.5, 0.6) is 0 Å². The van der Waals surface area contributed by atoms with Gasteiger partial charge in [0.25, 0.3) is 0 Å². The molecule has 0 unspecified atom stereocenters. The summed E-state index contributed by atoms with van der Waals surface area (Å²) < 4.78 is 12.5. The Labute approximate surface area is 156 Å². The minimum Gasteiger partial charge on any atom is -0.462 e. The lowest BCUT2D eigenvalue weighted by atomic mass is 10.1. The third-order valence-corrected chi connectivity index (χ3v) is 4.51. The predicted molar refractivity (Wildman–Crippen MR) is 99.9 cm³/mol. The fourth-order valence-electron chi connectivity index (χ4n) is 3.14. The van der Waals surface area contributed by atoms with E-state index in [-0.39, 0.29) is 5.97 Å². The number of pyridine rings is 2. The predicted octanol–water partition coefficient (Wildman–Crippen LogP) is 1.89. The summed E-state index contributed by atoms with van der Waals surface area (Å²) in [7, 11) is 0. The molecule has 0 aliphatic carbocycles. The highest BCUT2D eigenvalue weighted by Crippen LogP contribution is 2.25. The first-order valence-electron chi connectivity index (χ1n) is 9.01. The second-order valence-electron chi connectivity index (χ2n) is 6.24. The van der Waals surface area contributed by atoms with Gasteiger partial charge in [0.2, 0.25) is 0 Å². The average molecular weight is 367 g/mol. The molecular weight excluding hydrogens is 346 g/mol. The standard InChI is InChI=1S/C19H21N5O3/c1-2-27-19(25)15-11-17(23-7-9-26-10-8-23)22-18-16(15)12-21-24(18)13-14-3-5-20-6-4-14/h3-6,11-12H,2,7-10,13H2,1H3. The van der Waals surface area contributed by atoms with Crippen molar-refractivity contribution < 1.29 is 14.3 Å². The minimum atomic E-state index is -0.358. The van der Waals surface area contributed by atoms with Crippen LogP contribution in [0.1, 0.15) is 22.8 Å². The zero-order valence-corrected chi connectivity index (χ0v) is 15.2. The highest BCUT2D eigenvalue weighted by atomic mass is 16.5. The van der Waals surface area contributed by atoms with Gasteiger partial charge in [-0.15, -0.1) is 0 Å². The number of esters is 1. The van der Waals surface area contributed by atoms with Crippen LogP contribution in [0.15, 0.2) is 36.8 Å². The molecular formula is C19H21N5O3. The lowest BCUT2D eigenvalue weighted by Crippen LogP contribution is -2.37. The van der Waals surface area contributed by atoms with Crippen molar-refractivity contribution in [2.45, 2.75) is 13.5 Å². The summed E-state index contributed by atoms with van der Waals surface area (Å²) in [6, 6.07) is 5.67. The molecule has 1 fully saturated rings. The van der Waals surface area contributed by atoms with Gasteiger partial charge < -0.3 is 14.4 Å². The van der Waals surface area contributed by atoms with E-state index < -0.39 is 0 Å². The number of nitrogens with zero attached hydrogens (tertiary/aromatic N) is 5. The van der Waals surface area contributed by atoms with Crippen molar-refractivity contribution in [3.63, 3.8) is 0 Å². The first-order valence-corrected chi connectivity index (χ1v) is 9.01. The molecule has 8 nitrogen and oxygen atoms in total. The van der Waals surface area contributed by atoms with E-state index in [1.54, 1.807) is 36.3 Å². The maximum atomic E-state index is 12.5. The third kappa shape index (κ3) is 3.61.